The van der Waals surface area contributed by atoms with E-state index in [-0.39, 0.29) is 10.6 Å². The van der Waals surface area contributed by atoms with Gasteiger partial charge in [-0.2, -0.15) is 13.2 Å². The van der Waals surface area contributed by atoms with E-state index in [0.717, 1.165) is 6.07 Å². The van der Waals surface area contributed by atoms with Crippen LogP contribution in [0.15, 0.2) is 34.1 Å². The first-order chi connectivity index (χ1) is 12.7. The predicted octanol–water partition coefficient (Wildman–Crippen LogP) is 2.42. The number of rotatable bonds is 4. The second-order valence-electron chi connectivity index (χ2n) is 6.01. The topological polar surface area (TPSA) is 111 Å². The molecule has 0 radical (unpaired) electrons. The van der Waals surface area contributed by atoms with Gasteiger partial charge in [0, 0.05) is 11.9 Å². The van der Waals surface area contributed by atoms with E-state index >= 15 is 0 Å². The van der Waals surface area contributed by atoms with Crippen molar-refractivity contribution in [1.82, 2.24) is 4.57 Å². The van der Waals surface area contributed by atoms with Crippen LogP contribution in [0.25, 0.3) is 0 Å². The zero-order valence-electron chi connectivity index (χ0n) is 14.6. The molecule has 2 rings (SSSR count). The highest BCUT2D eigenvalue weighted by atomic mass is 35.5. The monoisotopic (exact) mass is 437 g/mol. The van der Waals surface area contributed by atoms with E-state index in [1.165, 1.54) is 6.07 Å². The number of primary sulfonamides is 1. The molecule has 12 heteroatoms. The lowest BCUT2D eigenvalue weighted by molar-refractivity contribution is -0.138. The minimum Gasteiger partial charge on any atom is -0.324 e. The summed E-state index contributed by atoms with van der Waals surface area (Å²) in [6.45, 7) is 2.43. The van der Waals surface area contributed by atoms with Crippen LogP contribution in [0, 0.1) is 13.8 Å². The van der Waals surface area contributed by atoms with E-state index in [0.29, 0.717) is 28.0 Å². The first-order valence-corrected chi connectivity index (χ1v) is 9.53. The Labute approximate surface area is 163 Å². The maximum Gasteiger partial charge on any atom is 0.417 e. The number of hydrogen-bond acceptors (Lipinski definition) is 4. The molecule has 0 spiro atoms. The summed E-state index contributed by atoms with van der Waals surface area (Å²) in [4.78, 5) is 23.9. The lowest BCUT2D eigenvalue weighted by atomic mass is 10.1. The first kappa shape index (κ1) is 21.9. The van der Waals surface area contributed by atoms with E-state index < -0.39 is 44.8 Å². The largest absolute Gasteiger partial charge is 0.417 e. The summed E-state index contributed by atoms with van der Waals surface area (Å²) in [5.74, 6) is -0.855. The van der Waals surface area contributed by atoms with Crippen LogP contribution in [-0.4, -0.2) is 18.9 Å². The van der Waals surface area contributed by atoms with Crippen LogP contribution in [0.1, 0.15) is 16.7 Å². The number of benzene rings is 1. The normalized spacial score (nSPS) is 12.1. The molecule has 1 heterocycles. The quantitative estimate of drug-likeness (QED) is 0.765. The van der Waals surface area contributed by atoms with E-state index in [9.17, 15) is 31.2 Å². The van der Waals surface area contributed by atoms with Crippen molar-refractivity contribution in [3.05, 3.63) is 56.5 Å². The van der Waals surface area contributed by atoms with Gasteiger partial charge in [0.1, 0.15) is 11.6 Å². The highest BCUT2D eigenvalue weighted by Crippen LogP contribution is 2.29. The number of pyridine rings is 1. The molecule has 0 atom stereocenters. The number of sulfonamides is 1. The molecule has 0 unspecified atom stereocenters. The Morgan fingerprint density at radius 1 is 1.25 bits per heavy atom. The number of aryl methyl sites for hydroxylation is 1. The van der Waals surface area contributed by atoms with E-state index in [4.69, 9.17) is 16.7 Å². The molecule has 0 aliphatic rings. The molecular formula is C16H15ClF3N3O4S. The van der Waals surface area contributed by atoms with Gasteiger partial charge in [-0.1, -0.05) is 11.6 Å². The van der Waals surface area contributed by atoms with Crippen LogP contribution in [-0.2, 0) is 27.5 Å². The molecule has 1 aromatic heterocycles. The third kappa shape index (κ3) is 4.91. The summed E-state index contributed by atoms with van der Waals surface area (Å²) in [6.07, 6.45) is -4.28. The van der Waals surface area contributed by atoms with E-state index in [2.05, 4.69) is 5.32 Å². The second-order valence-corrected chi connectivity index (χ2v) is 7.98. The molecule has 0 aliphatic carbocycles. The number of nitrogens with zero attached hydrogens (tertiary/aromatic N) is 1. The zero-order valence-corrected chi connectivity index (χ0v) is 16.2. The molecule has 0 bridgehead atoms. The van der Waals surface area contributed by atoms with Gasteiger partial charge < -0.3 is 9.88 Å². The van der Waals surface area contributed by atoms with Gasteiger partial charge in [0.25, 0.3) is 5.56 Å². The lowest BCUT2D eigenvalue weighted by Gasteiger charge is -2.14. The molecule has 3 N–H and O–H groups in total. The smallest absolute Gasteiger partial charge is 0.324 e. The van der Waals surface area contributed by atoms with Crippen LogP contribution < -0.4 is 16.0 Å². The van der Waals surface area contributed by atoms with Crippen molar-refractivity contribution < 1.29 is 26.4 Å². The minimum atomic E-state index is -4.76. The van der Waals surface area contributed by atoms with Crippen LogP contribution in [0.2, 0.25) is 5.02 Å². The van der Waals surface area contributed by atoms with Gasteiger partial charge in [-0.3, -0.25) is 9.59 Å². The van der Waals surface area contributed by atoms with Crippen molar-refractivity contribution in [2.75, 3.05) is 5.32 Å². The Kier molecular flexibility index (Phi) is 5.93. The Morgan fingerprint density at radius 3 is 2.39 bits per heavy atom. The third-order valence-electron chi connectivity index (χ3n) is 3.93. The summed E-state index contributed by atoms with van der Waals surface area (Å²) in [6, 6.07) is 2.91. The van der Waals surface area contributed by atoms with Gasteiger partial charge in [-0.25, -0.2) is 13.6 Å². The summed E-state index contributed by atoms with van der Waals surface area (Å²) >= 11 is 5.54. The number of halogens is 4. The number of alkyl halides is 3. The van der Waals surface area contributed by atoms with Gasteiger partial charge in [-0.15, -0.1) is 0 Å². The Balaban J connectivity index is 2.37. The average molecular weight is 438 g/mol. The van der Waals surface area contributed by atoms with Crippen molar-refractivity contribution in [2.24, 2.45) is 5.14 Å². The molecule has 1 aromatic carbocycles. The lowest BCUT2D eigenvalue weighted by Crippen LogP contribution is -2.29. The first-order valence-electron chi connectivity index (χ1n) is 7.61. The highest BCUT2D eigenvalue weighted by molar-refractivity contribution is 7.89. The van der Waals surface area contributed by atoms with E-state index in [1.807, 2.05) is 0 Å². The summed E-state index contributed by atoms with van der Waals surface area (Å²) in [7, 11) is -4.04. The van der Waals surface area contributed by atoms with Crippen molar-refractivity contribution in [1.29, 1.82) is 0 Å². The minimum absolute atomic E-state index is 0.0974. The summed E-state index contributed by atoms with van der Waals surface area (Å²) in [5, 5.41) is 6.77. The van der Waals surface area contributed by atoms with E-state index in [1.54, 1.807) is 13.8 Å². The van der Waals surface area contributed by atoms with Gasteiger partial charge in [0.15, 0.2) is 0 Å². The number of nitrogens with one attached hydrogen (secondary N) is 1. The maximum atomic E-state index is 12.9. The standard InChI is InChI=1S/C16H15ClF3N3O4S/c1-8-3-11(28(21,26)27)5-13(9(8)2)22-14(24)7-23-6-10(16(18,19)20)4-12(17)15(23)25/h3-6H,7H2,1-2H3,(H,22,24)(H2,21,26,27). The summed E-state index contributed by atoms with van der Waals surface area (Å²) < 4.78 is 62.2. The van der Waals surface area contributed by atoms with Crippen molar-refractivity contribution >= 4 is 33.2 Å². The molecular weight excluding hydrogens is 423 g/mol. The average Bonchev–Trinajstić information content (AvgIpc) is 2.53. The number of carbonyl (C=O) groups excluding carboxylic acids is 1. The number of nitrogens with two attached hydrogens (primary N) is 1. The van der Waals surface area contributed by atoms with Crippen LogP contribution >= 0.6 is 11.6 Å². The molecule has 0 saturated carbocycles. The molecule has 2 aromatic rings. The zero-order chi connectivity index (χ0) is 21.4. The molecule has 0 fully saturated rings. The molecule has 7 nitrogen and oxygen atoms in total. The molecule has 0 saturated heterocycles. The van der Waals surface area contributed by atoms with Crippen LogP contribution in [0.4, 0.5) is 18.9 Å². The number of carbonyl (C=O) groups is 1. The highest BCUT2D eigenvalue weighted by Gasteiger charge is 2.32. The van der Waals surface area contributed by atoms with Gasteiger partial charge in [-0.05, 0) is 43.2 Å². The second kappa shape index (κ2) is 7.57. The number of aromatic nitrogens is 1. The maximum absolute atomic E-state index is 12.9. The Morgan fingerprint density at radius 2 is 1.86 bits per heavy atom. The molecule has 1 amide bonds. The number of amides is 1. The molecule has 28 heavy (non-hydrogen) atoms. The summed E-state index contributed by atoms with van der Waals surface area (Å²) in [5.41, 5.74) is -1.03. The number of hydrogen-bond donors (Lipinski definition) is 2. The third-order valence-corrected chi connectivity index (χ3v) is 5.09. The van der Waals surface area contributed by atoms with Gasteiger partial charge >= 0.3 is 6.18 Å². The van der Waals surface area contributed by atoms with Crippen LogP contribution in [0.3, 0.4) is 0 Å². The predicted molar refractivity (Wildman–Crippen MR) is 96.6 cm³/mol. The number of anilines is 1. The fourth-order valence-electron chi connectivity index (χ4n) is 2.34. The van der Waals surface area contributed by atoms with Crippen LogP contribution in [0.5, 0.6) is 0 Å². The Bertz CT molecular complexity index is 1110. The Hall–Kier alpha value is -2.37. The van der Waals surface area contributed by atoms with Gasteiger partial charge in [0.05, 0.1) is 10.5 Å². The SMILES string of the molecule is Cc1cc(S(N)(=O)=O)cc(NC(=O)Cn2cc(C(F)(F)F)cc(Cl)c2=O)c1C. The fraction of sp³-hybridized carbons (Fsp3) is 0.250. The fourth-order valence-corrected chi connectivity index (χ4v) is 3.19. The van der Waals surface area contributed by atoms with Crippen molar-refractivity contribution in [3.8, 4) is 0 Å². The van der Waals surface area contributed by atoms with Crippen molar-refractivity contribution in [3.63, 3.8) is 0 Å². The molecule has 152 valence electrons. The van der Waals surface area contributed by atoms with Crippen molar-refractivity contribution in [2.45, 2.75) is 31.5 Å². The molecule has 0 aliphatic heterocycles. The van der Waals surface area contributed by atoms with Gasteiger partial charge in [0.2, 0.25) is 15.9 Å².